The van der Waals surface area contributed by atoms with E-state index >= 15 is 0 Å². The van der Waals surface area contributed by atoms with Crippen molar-refractivity contribution in [2.45, 2.75) is 32.4 Å². The Labute approximate surface area is 144 Å². The molecular formula is C17H18BrCl2N. The summed E-state index contributed by atoms with van der Waals surface area (Å²) >= 11 is 15.6. The fourth-order valence-electron chi connectivity index (χ4n) is 2.35. The highest BCUT2D eigenvalue weighted by Gasteiger charge is 2.15. The first-order valence-electron chi connectivity index (χ1n) is 6.97. The molecule has 0 bridgehead atoms. The van der Waals surface area contributed by atoms with Gasteiger partial charge in [-0.05, 0) is 48.7 Å². The molecule has 1 nitrogen and oxygen atoms in total. The lowest BCUT2D eigenvalue weighted by Crippen LogP contribution is -2.24. The van der Waals surface area contributed by atoms with E-state index in [0.717, 1.165) is 16.5 Å². The van der Waals surface area contributed by atoms with Gasteiger partial charge in [-0.2, -0.15) is 0 Å². The standard InChI is InChI=1S/C17H18BrCl2N/c1-3-17(13-7-8-15(19)16(20)10-13)21-11(2)12-5-4-6-14(18)9-12/h4-11,17,21H,3H2,1-2H3/t11-,17?/m0/s1. The molecule has 0 aliphatic rings. The van der Waals surface area contributed by atoms with Gasteiger partial charge in [-0.25, -0.2) is 0 Å². The van der Waals surface area contributed by atoms with Crippen LogP contribution in [-0.4, -0.2) is 0 Å². The molecule has 0 saturated heterocycles. The summed E-state index contributed by atoms with van der Waals surface area (Å²) in [4.78, 5) is 0. The maximum Gasteiger partial charge on any atom is 0.0595 e. The number of benzene rings is 2. The predicted octanol–water partition coefficient (Wildman–Crippen LogP) is 6.56. The molecule has 0 saturated carbocycles. The van der Waals surface area contributed by atoms with Crippen molar-refractivity contribution in [3.63, 3.8) is 0 Å². The average molecular weight is 387 g/mol. The zero-order valence-electron chi connectivity index (χ0n) is 12.0. The van der Waals surface area contributed by atoms with Crippen LogP contribution in [0.15, 0.2) is 46.9 Å². The van der Waals surface area contributed by atoms with Crippen molar-refractivity contribution in [2.75, 3.05) is 0 Å². The summed E-state index contributed by atoms with van der Waals surface area (Å²) in [7, 11) is 0. The summed E-state index contributed by atoms with van der Waals surface area (Å²) in [6.07, 6.45) is 0.982. The van der Waals surface area contributed by atoms with Crippen LogP contribution >= 0.6 is 39.1 Å². The van der Waals surface area contributed by atoms with Gasteiger partial charge in [0.2, 0.25) is 0 Å². The fourth-order valence-corrected chi connectivity index (χ4v) is 3.08. The number of hydrogen-bond donors (Lipinski definition) is 1. The van der Waals surface area contributed by atoms with Crippen LogP contribution in [0.1, 0.15) is 43.5 Å². The molecule has 0 amide bonds. The summed E-state index contributed by atoms with van der Waals surface area (Å²) in [5.74, 6) is 0. The maximum atomic E-state index is 6.12. The molecule has 1 unspecified atom stereocenters. The van der Waals surface area contributed by atoms with Gasteiger partial charge in [0.15, 0.2) is 0 Å². The van der Waals surface area contributed by atoms with Gasteiger partial charge in [-0.1, -0.05) is 64.3 Å². The predicted molar refractivity (Wildman–Crippen MR) is 95.2 cm³/mol. The topological polar surface area (TPSA) is 12.0 Å². The minimum Gasteiger partial charge on any atom is -0.303 e. The Balaban J connectivity index is 2.16. The van der Waals surface area contributed by atoms with Crippen molar-refractivity contribution in [1.82, 2.24) is 5.32 Å². The van der Waals surface area contributed by atoms with Crippen molar-refractivity contribution in [3.05, 3.63) is 68.1 Å². The van der Waals surface area contributed by atoms with E-state index < -0.39 is 0 Å². The third-order valence-corrected chi connectivity index (χ3v) is 4.79. The molecule has 0 radical (unpaired) electrons. The fraction of sp³-hybridized carbons (Fsp3) is 0.294. The molecule has 1 N–H and O–H groups in total. The van der Waals surface area contributed by atoms with Crippen LogP contribution in [0.2, 0.25) is 10.0 Å². The maximum absolute atomic E-state index is 6.12. The second-order valence-electron chi connectivity index (χ2n) is 5.08. The van der Waals surface area contributed by atoms with Crippen molar-refractivity contribution in [3.8, 4) is 0 Å². The highest BCUT2D eigenvalue weighted by molar-refractivity contribution is 9.10. The van der Waals surface area contributed by atoms with E-state index in [4.69, 9.17) is 23.2 Å². The summed E-state index contributed by atoms with van der Waals surface area (Å²) < 4.78 is 1.09. The molecule has 112 valence electrons. The largest absolute Gasteiger partial charge is 0.303 e. The van der Waals surface area contributed by atoms with Crippen molar-refractivity contribution in [2.24, 2.45) is 0 Å². The molecule has 0 fully saturated rings. The zero-order valence-corrected chi connectivity index (χ0v) is 15.1. The van der Waals surface area contributed by atoms with Crippen LogP contribution in [0, 0.1) is 0 Å². The molecule has 0 aliphatic heterocycles. The number of nitrogens with one attached hydrogen (secondary N) is 1. The summed E-state index contributed by atoms with van der Waals surface area (Å²) in [5, 5.41) is 4.84. The number of halogens is 3. The average Bonchev–Trinajstić information content (AvgIpc) is 2.47. The molecule has 2 rings (SSSR count). The van der Waals surface area contributed by atoms with Gasteiger partial charge < -0.3 is 5.32 Å². The van der Waals surface area contributed by atoms with E-state index in [-0.39, 0.29) is 12.1 Å². The van der Waals surface area contributed by atoms with Gasteiger partial charge in [-0.15, -0.1) is 0 Å². The van der Waals surface area contributed by atoms with Gasteiger partial charge >= 0.3 is 0 Å². The van der Waals surface area contributed by atoms with Crippen LogP contribution in [0.5, 0.6) is 0 Å². The van der Waals surface area contributed by atoms with E-state index in [2.05, 4.69) is 53.3 Å². The lowest BCUT2D eigenvalue weighted by atomic mass is 10.0. The van der Waals surface area contributed by atoms with Gasteiger partial charge in [-0.3, -0.25) is 0 Å². The Bertz CT molecular complexity index is 615. The van der Waals surface area contributed by atoms with Gasteiger partial charge in [0, 0.05) is 16.6 Å². The third kappa shape index (κ3) is 4.46. The smallest absolute Gasteiger partial charge is 0.0595 e. The van der Waals surface area contributed by atoms with E-state index in [0.29, 0.717) is 10.0 Å². The molecule has 0 spiro atoms. The Kier molecular flexibility index (Phi) is 6.12. The number of hydrogen-bond acceptors (Lipinski definition) is 1. The molecule has 4 heteroatoms. The Morgan fingerprint density at radius 3 is 2.43 bits per heavy atom. The van der Waals surface area contributed by atoms with Crippen molar-refractivity contribution >= 4 is 39.1 Å². The SMILES string of the molecule is CCC(N[C@@H](C)c1cccc(Br)c1)c1ccc(Cl)c(Cl)c1. The highest BCUT2D eigenvalue weighted by Crippen LogP contribution is 2.29. The lowest BCUT2D eigenvalue weighted by molar-refractivity contribution is 0.456. The van der Waals surface area contributed by atoms with E-state index in [1.807, 2.05) is 24.3 Å². The molecule has 0 aromatic heterocycles. The molecule has 0 aliphatic carbocycles. The molecule has 2 atom stereocenters. The summed E-state index contributed by atoms with van der Waals surface area (Å²) in [6, 6.07) is 14.7. The van der Waals surface area contributed by atoms with Gasteiger partial charge in [0.05, 0.1) is 10.0 Å². The lowest BCUT2D eigenvalue weighted by Gasteiger charge is -2.23. The molecule has 2 aromatic carbocycles. The molecule has 2 aromatic rings. The summed E-state index contributed by atoms with van der Waals surface area (Å²) in [5.41, 5.74) is 2.41. The van der Waals surface area contributed by atoms with E-state index in [9.17, 15) is 0 Å². The zero-order chi connectivity index (χ0) is 15.4. The quantitative estimate of drug-likeness (QED) is 0.613. The third-order valence-electron chi connectivity index (χ3n) is 3.55. The van der Waals surface area contributed by atoms with Crippen LogP contribution < -0.4 is 5.32 Å². The van der Waals surface area contributed by atoms with Crippen molar-refractivity contribution < 1.29 is 0 Å². The monoisotopic (exact) mass is 385 g/mol. The number of rotatable bonds is 5. The van der Waals surface area contributed by atoms with Gasteiger partial charge in [0.25, 0.3) is 0 Å². The van der Waals surface area contributed by atoms with Gasteiger partial charge in [0.1, 0.15) is 0 Å². The second kappa shape index (κ2) is 7.64. The first kappa shape index (κ1) is 16.8. The normalized spacial score (nSPS) is 14.0. The Morgan fingerprint density at radius 1 is 1.05 bits per heavy atom. The van der Waals surface area contributed by atoms with E-state index in [1.165, 1.54) is 5.56 Å². The highest BCUT2D eigenvalue weighted by atomic mass is 79.9. The Hall–Kier alpha value is -0.540. The van der Waals surface area contributed by atoms with Crippen LogP contribution in [0.3, 0.4) is 0 Å². The molecule has 0 heterocycles. The van der Waals surface area contributed by atoms with Crippen LogP contribution in [-0.2, 0) is 0 Å². The Morgan fingerprint density at radius 2 is 1.81 bits per heavy atom. The van der Waals surface area contributed by atoms with E-state index in [1.54, 1.807) is 0 Å². The second-order valence-corrected chi connectivity index (χ2v) is 6.81. The molecule has 21 heavy (non-hydrogen) atoms. The minimum atomic E-state index is 0.244. The summed E-state index contributed by atoms with van der Waals surface area (Å²) in [6.45, 7) is 4.33. The van der Waals surface area contributed by atoms with Crippen LogP contribution in [0.25, 0.3) is 0 Å². The minimum absolute atomic E-state index is 0.244. The first-order chi connectivity index (χ1) is 10.0. The first-order valence-corrected chi connectivity index (χ1v) is 8.52. The molecular weight excluding hydrogens is 369 g/mol. The van der Waals surface area contributed by atoms with Crippen LogP contribution in [0.4, 0.5) is 0 Å². The van der Waals surface area contributed by atoms with Crippen molar-refractivity contribution in [1.29, 1.82) is 0 Å².